The van der Waals surface area contributed by atoms with Crippen LogP contribution in [0.2, 0.25) is 0 Å². The summed E-state index contributed by atoms with van der Waals surface area (Å²) in [7, 11) is 2.17. The maximum Gasteiger partial charge on any atom is 0.133 e. The van der Waals surface area contributed by atoms with Crippen molar-refractivity contribution in [2.24, 2.45) is 5.73 Å². The number of likely N-dealkylation sites (N-methyl/N-ethyl adjacent to an activating group) is 1. The molecule has 1 aliphatic heterocycles. The fourth-order valence-corrected chi connectivity index (χ4v) is 2.27. The summed E-state index contributed by atoms with van der Waals surface area (Å²) in [6.45, 7) is 7.39. The molecule has 1 aromatic heterocycles. The van der Waals surface area contributed by atoms with Crippen molar-refractivity contribution in [1.82, 2.24) is 9.88 Å². The second-order valence-corrected chi connectivity index (χ2v) is 4.98. The second-order valence-electron chi connectivity index (χ2n) is 4.98. The van der Waals surface area contributed by atoms with E-state index in [2.05, 4.69) is 34.8 Å². The molecule has 4 nitrogen and oxygen atoms in total. The summed E-state index contributed by atoms with van der Waals surface area (Å²) in [4.78, 5) is 9.24. The lowest BCUT2D eigenvalue weighted by molar-refractivity contribution is 0.233. The average Bonchev–Trinajstić information content (AvgIpc) is 2.32. The van der Waals surface area contributed by atoms with E-state index in [0.717, 1.165) is 31.0 Å². The molecule has 0 spiro atoms. The molecule has 94 valence electrons. The molecule has 0 amide bonds. The van der Waals surface area contributed by atoms with Gasteiger partial charge in [-0.1, -0.05) is 6.07 Å². The van der Waals surface area contributed by atoms with E-state index in [-0.39, 0.29) is 6.04 Å². The smallest absolute Gasteiger partial charge is 0.133 e. The van der Waals surface area contributed by atoms with Crippen LogP contribution >= 0.6 is 0 Å². The van der Waals surface area contributed by atoms with Crippen molar-refractivity contribution < 1.29 is 0 Å². The van der Waals surface area contributed by atoms with E-state index >= 15 is 0 Å². The quantitative estimate of drug-likeness (QED) is 0.836. The summed E-state index contributed by atoms with van der Waals surface area (Å²) in [6.07, 6.45) is 1.85. The van der Waals surface area contributed by atoms with Crippen molar-refractivity contribution >= 4 is 5.82 Å². The van der Waals surface area contributed by atoms with Gasteiger partial charge in [-0.15, -0.1) is 0 Å². The van der Waals surface area contributed by atoms with Gasteiger partial charge in [-0.3, -0.25) is 0 Å². The Balaban J connectivity index is 2.22. The van der Waals surface area contributed by atoms with Gasteiger partial charge in [0.05, 0.1) is 0 Å². The Labute approximate surface area is 103 Å². The zero-order valence-electron chi connectivity index (χ0n) is 10.9. The van der Waals surface area contributed by atoms with E-state index in [1.165, 1.54) is 0 Å². The number of nitrogens with zero attached hydrogens (tertiary/aromatic N) is 3. The number of aromatic nitrogens is 1. The molecule has 1 saturated heterocycles. The Morgan fingerprint density at radius 1 is 1.47 bits per heavy atom. The van der Waals surface area contributed by atoms with E-state index in [1.54, 1.807) is 0 Å². The van der Waals surface area contributed by atoms with Crippen molar-refractivity contribution in [3.63, 3.8) is 0 Å². The van der Waals surface area contributed by atoms with Crippen LogP contribution in [0.3, 0.4) is 0 Å². The van der Waals surface area contributed by atoms with Gasteiger partial charge in [0, 0.05) is 43.5 Å². The first-order valence-corrected chi connectivity index (χ1v) is 6.25. The highest BCUT2D eigenvalue weighted by molar-refractivity contribution is 5.48. The van der Waals surface area contributed by atoms with Crippen LogP contribution in [0.15, 0.2) is 18.3 Å². The monoisotopic (exact) mass is 234 g/mol. The van der Waals surface area contributed by atoms with Gasteiger partial charge in [0.2, 0.25) is 0 Å². The Morgan fingerprint density at radius 2 is 2.24 bits per heavy atom. The molecular formula is C13H22N4. The van der Waals surface area contributed by atoms with Crippen LogP contribution in [-0.2, 0) is 0 Å². The molecule has 0 aromatic carbocycles. The normalized spacial score (nSPS) is 23.8. The van der Waals surface area contributed by atoms with Crippen LogP contribution in [0.25, 0.3) is 0 Å². The van der Waals surface area contributed by atoms with Crippen molar-refractivity contribution in [2.75, 3.05) is 31.6 Å². The largest absolute Gasteiger partial charge is 0.354 e. The average molecular weight is 234 g/mol. The highest BCUT2D eigenvalue weighted by Crippen LogP contribution is 2.24. The third-order valence-electron chi connectivity index (χ3n) is 3.57. The van der Waals surface area contributed by atoms with Crippen LogP contribution in [0.5, 0.6) is 0 Å². The van der Waals surface area contributed by atoms with Gasteiger partial charge in [0.25, 0.3) is 0 Å². The van der Waals surface area contributed by atoms with E-state index in [4.69, 9.17) is 5.73 Å². The SMILES string of the molecule is CC1CN(c2ncccc2[C@@H](C)N)CCN1C. The van der Waals surface area contributed by atoms with Crippen LogP contribution < -0.4 is 10.6 Å². The first kappa shape index (κ1) is 12.3. The number of anilines is 1. The molecule has 1 fully saturated rings. The number of rotatable bonds is 2. The fourth-order valence-electron chi connectivity index (χ4n) is 2.27. The molecule has 2 heterocycles. The van der Waals surface area contributed by atoms with Crippen LogP contribution in [0, 0.1) is 0 Å². The van der Waals surface area contributed by atoms with Crippen molar-refractivity contribution in [3.8, 4) is 0 Å². The Kier molecular flexibility index (Phi) is 3.64. The van der Waals surface area contributed by atoms with Crippen molar-refractivity contribution in [3.05, 3.63) is 23.9 Å². The summed E-state index contributed by atoms with van der Waals surface area (Å²) < 4.78 is 0. The first-order chi connectivity index (χ1) is 8.09. The van der Waals surface area contributed by atoms with Gasteiger partial charge in [0.1, 0.15) is 5.82 Å². The molecule has 0 bridgehead atoms. The van der Waals surface area contributed by atoms with Crippen LogP contribution in [0.4, 0.5) is 5.82 Å². The minimum atomic E-state index is 0.0358. The molecular weight excluding hydrogens is 212 g/mol. The Hall–Kier alpha value is -1.13. The van der Waals surface area contributed by atoms with Crippen LogP contribution in [-0.4, -0.2) is 42.6 Å². The predicted octanol–water partition coefficient (Wildman–Crippen LogP) is 1.24. The molecule has 2 N–H and O–H groups in total. The van der Waals surface area contributed by atoms with E-state index in [9.17, 15) is 0 Å². The number of piperazine rings is 1. The lowest BCUT2D eigenvalue weighted by atomic mass is 10.1. The Morgan fingerprint density at radius 3 is 2.88 bits per heavy atom. The third kappa shape index (κ3) is 2.58. The molecule has 0 aliphatic carbocycles. The molecule has 0 radical (unpaired) electrons. The lowest BCUT2D eigenvalue weighted by Crippen LogP contribution is -2.50. The van der Waals surface area contributed by atoms with E-state index in [0.29, 0.717) is 6.04 Å². The fraction of sp³-hybridized carbons (Fsp3) is 0.615. The Bertz CT molecular complexity index is 377. The lowest BCUT2D eigenvalue weighted by Gasteiger charge is -2.39. The number of hydrogen-bond acceptors (Lipinski definition) is 4. The highest BCUT2D eigenvalue weighted by Gasteiger charge is 2.23. The van der Waals surface area contributed by atoms with E-state index < -0.39 is 0 Å². The molecule has 0 saturated carbocycles. The van der Waals surface area contributed by atoms with Gasteiger partial charge in [0.15, 0.2) is 0 Å². The number of pyridine rings is 1. The highest BCUT2D eigenvalue weighted by atomic mass is 15.3. The van der Waals surface area contributed by atoms with Gasteiger partial charge in [-0.2, -0.15) is 0 Å². The summed E-state index contributed by atoms with van der Waals surface area (Å²) in [6, 6.07) is 4.64. The maximum atomic E-state index is 6.01. The van der Waals surface area contributed by atoms with Crippen molar-refractivity contribution in [2.45, 2.75) is 25.9 Å². The molecule has 4 heteroatoms. The van der Waals surface area contributed by atoms with Gasteiger partial charge in [-0.25, -0.2) is 4.98 Å². The topological polar surface area (TPSA) is 45.4 Å². The minimum Gasteiger partial charge on any atom is -0.354 e. The molecule has 1 aliphatic rings. The van der Waals surface area contributed by atoms with Crippen molar-refractivity contribution in [1.29, 1.82) is 0 Å². The zero-order chi connectivity index (χ0) is 12.4. The third-order valence-corrected chi connectivity index (χ3v) is 3.57. The van der Waals surface area contributed by atoms with E-state index in [1.807, 2.05) is 19.2 Å². The minimum absolute atomic E-state index is 0.0358. The maximum absolute atomic E-state index is 6.01. The molecule has 1 aromatic rings. The number of hydrogen-bond donors (Lipinski definition) is 1. The van der Waals surface area contributed by atoms with Gasteiger partial charge in [-0.05, 0) is 27.0 Å². The van der Waals surface area contributed by atoms with Crippen LogP contribution in [0.1, 0.15) is 25.5 Å². The number of nitrogens with two attached hydrogens (primary N) is 1. The van der Waals surface area contributed by atoms with Gasteiger partial charge >= 0.3 is 0 Å². The first-order valence-electron chi connectivity index (χ1n) is 6.25. The standard InChI is InChI=1S/C13H22N4/c1-10-9-17(8-7-16(10)3)13-12(11(2)14)5-4-6-15-13/h4-6,10-11H,7-9,14H2,1-3H3/t10?,11-/m1/s1. The molecule has 2 atom stereocenters. The molecule has 17 heavy (non-hydrogen) atoms. The summed E-state index contributed by atoms with van der Waals surface area (Å²) in [5, 5.41) is 0. The second kappa shape index (κ2) is 5.02. The zero-order valence-corrected chi connectivity index (χ0v) is 10.9. The van der Waals surface area contributed by atoms with Gasteiger partial charge < -0.3 is 15.5 Å². The predicted molar refractivity (Wildman–Crippen MR) is 71.1 cm³/mol. The summed E-state index contributed by atoms with van der Waals surface area (Å²) in [5.41, 5.74) is 7.15. The molecule has 2 rings (SSSR count). The molecule has 1 unspecified atom stereocenters. The summed E-state index contributed by atoms with van der Waals surface area (Å²) >= 11 is 0. The summed E-state index contributed by atoms with van der Waals surface area (Å²) in [5.74, 6) is 1.06.